The van der Waals surface area contributed by atoms with Crippen LogP contribution in [0.3, 0.4) is 0 Å². The van der Waals surface area contributed by atoms with Gasteiger partial charge in [-0.2, -0.15) is 0 Å². The number of aryl methyl sites for hydroxylation is 1. The molecule has 3 rings (SSSR count). The maximum Gasteiger partial charge on any atom is 0.187 e. The fourth-order valence-electron chi connectivity index (χ4n) is 1.98. The van der Waals surface area contributed by atoms with Gasteiger partial charge in [-0.3, -0.25) is 0 Å². The van der Waals surface area contributed by atoms with Crippen LogP contribution in [-0.2, 0) is 0 Å². The molecule has 2 aromatic carbocycles. The van der Waals surface area contributed by atoms with Crippen molar-refractivity contribution in [1.29, 1.82) is 0 Å². The van der Waals surface area contributed by atoms with E-state index in [1.807, 2.05) is 29.6 Å². The van der Waals surface area contributed by atoms with Crippen molar-refractivity contribution < 1.29 is 5.11 Å². The summed E-state index contributed by atoms with van der Waals surface area (Å²) in [7, 11) is 0. The molecular weight excluding hydrogens is 268 g/mol. The second-order valence-electron chi connectivity index (χ2n) is 4.52. The van der Waals surface area contributed by atoms with Crippen LogP contribution in [0.25, 0.3) is 11.3 Å². The molecule has 0 spiro atoms. The van der Waals surface area contributed by atoms with E-state index in [0.717, 1.165) is 22.1 Å². The monoisotopic (exact) mass is 282 g/mol. The maximum atomic E-state index is 9.27. The highest BCUT2D eigenvalue weighted by molar-refractivity contribution is 7.14. The number of phenolic OH excluding ortho intramolecular Hbond substituents is 1. The Morgan fingerprint density at radius 2 is 1.80 bits per heavy atom. The zero-order chi connectivity index (χ0) is 13.9. The average molecular weight is 282 g/mol. The van der Waals surface area contributed by atoms with Crippen molar-refractivity contribution in [3.63, 3.8) is 0 Å². The van der Waals surface area contributed by atoms with Gasteiger partial charge in [0.2, 0.25) is 0 Å². The first-order valence-electron chi connectivity index (χ1n) is 6.30. The summed E-state index contributed by atoms with van der Waals surface area (Å²) >= 11 is 1.57. The van der Waals surface area contributed by atoms with Crippen LogP contribution in [-0.4, -0.2) is 10.1 Å². The molecule has 1 aromatic heterocycles. The highest BCUT2D eigenvalue weighted by Gasteiger charge is 2.06. The lowest BCUT2D eigenvalue weighted by atomic mass is 10.1. The number of rotatable bonds is 3. The molecule has 2 N–H and O–H groups in total. The van der Waals surface area contributed by atoms with E-state index in [0.29, 0.717) is 0 Å². The predicted molar refractivity (Wildman–Crippen MR) is 83.7 cm³/mol. The van der Waals surface area contributed by atoms with Gasteiger partial charge in [0.05, 0.1) is 5.69 Å². The predicted octanol–water partition coefficient (Wildman–Crippen LogP) is 4.57. The Labute approximate surface area is 121 Å². The third-order valence-electron chi connectivity index (χ3n) is 3.04. The largest absolute Gasteiger partial charge is 0.508 e. The van der Waals surface area contributed by atoms with Gasteiger partial charge in [-0.05, 0) is 36.8 Å². The number of thiazole rings is 1. The summed E-state index contributed by atoms with van der Waals surface area (Å²) in [6.07, 6.45) is 0. The van der Waals surface area contributed by atoms with Gasteiger partial charge in [0.1, 0.15) is 5.75 Å². The summed E-state index contributed by atoms with van der Waals surface area (Å²) in [4.78, 5) is 4.60. The molecule has 1 heterocycles. The van der Waals surface area contributed by atoms with Gasteiger partial charge in [-0.25, -0.2) is 4.98 Å². The van der Waals surface area contributed by atoms with Crippen molar-refractivity contribution in [2.75, 3.05) is 5.32 Å². The lowest BCUT2D eigenvalue weighted by Crippen LogP contribution is -1.89. The zero-order valence-corrected chi connectivity index (χ0v) is 11.8. The number of phenols is 1. The van der Waals surface area contributed by atoms with Crippen LogP contribution in [0, 0.1) is 6.92 Å². The van der Waals surface area contributed by atoms with Crippen LogP contribution in [0.5, 0.6) is 5.75 Å². The Balaban J connectivity index is 1.84. The van der Waals surface area contributed by atoms with Crippen LogP contribution < -0.4 is 5.32 Å². The summed E-state index contributed by atoms with van der Waals surface area (Å²) in [5.41, 5.74) is 4.26. The highest BCUT2D eigenvalue weighted by atomic mass is 32.1. The van der Waals surface area contributed by atoms with Gasteiger partial charge in [-0.1, -0.05) is 24.3 Å². The number of nitrogens with zero attached hydrogens (tertiary/aromatic N) is 1. The molecule has 100 valence electrons. The summed E-state index contributed by atoms with van der Waals surface area (Å²) in [6.45, 7) is 2.09. The third-order valence-corrected chi connectivity index (χ3v) is 3.80. The molecular formula is C16H14N2OS. The quantitative estimate of drug-likeness (QED) is 0.692. The van der Waals surface area contributed by atoms with E-state index in [1.165, 1.54) is 5.56 Å². The lowest BCUT2D eigenvalue weighted by molar-refractivity contribution is 0.475. The molecule has 0 unspecified atom stereocenters. The Morgan fingerprint density at radius 1 is 1.05 bits per heavy atom. The van der Waals surface area contributed by atoms with Crippen molar-refractivity contribution in [3.8, 4) is 17.0 Å². The van der Waals surface area contributed by atoms with Gasteiger partial charge < -0.3 is 10.4 Å². The standard InChI is InChI=1S/C16H14N2OS/c1-11-4-2-3-5-14(11)15-10-20-16(18-15)17-12-6-8-13(19)9-7-12/h2-10,19H,1H3,(H,17,18). The smallest absolute Gasteiger partial charge is 0.187 e. The topological polar surface area (TPSA) is 45.1 Å². The van der Waals surface area contributed by atoms with Crippen molar-refractivity contribution in [2.45, 2.75) is 6.92 Å². The van der Waals surface area contributed by atoms with Crippen LogP contribution in [0.15, 0.2) is 53.9 Å². The maximum absolute atomic E-state index is 9.27. The minimum Gasteiger partial charge on any atom is -0.508 e. The molecule has 0 radical (unpaired) electrons. The van der Waals surface area contributed by atoms with E-state index < -0.39 is 0 Å². The van der Waals surface area contributed by atoms with Crippen LogP contribution >= 0.6 is 11.3 Å². The molecule has 0 atom stereocenters. The van der Waals surface area contributed by atoms with Crippen molar-refractivity contribution >= 4 is 22.2 Å². The second kappa shape index (κ2) is 5.35. The summed E-state index contributed by atoms with van der Waals surface area (Å²) < 4.78 is 0. The van der Waals surface area contributed by atoms with Crippen LogP contribution in [0.2, 0.25) is 0 Å². The number of aromatic hydroxyl groups is 1. The molecule has 0 aliphatic heterocycles. The minimum atomic E-state index is 0.260. The van der Waals surface area contributed by atoms with E-state index in [2.05, 4.69) is 29.4 Å². The third kappa shape index (κ3) is 2.65. The summed E-state index contributed by atoms with van der Waals surface area (Å²) in [6, 6.07) is 15.2. The van der Waals surface area contributed by atoms with Crippen LogP contribution in [0.4, 0.5) is 10.8 Å². The number of anilines is 2. The lowest BCUT2D eigenvalue weighted by Gasteiger charge is -2.03. The Morgan fingerprint density at radius 3 is 2.55 bits per heavy atom. The first-order chi connectivity index (χ1) is 9.72. The average Bonchev–Trinajstić information content (AvgIpc) is 2.90. The van der Waals surface area contributed by atoms with Crippen molar-refractivity contribution in [3.05, 3.63) is 59.5 Å². The number of hydrogen-bond acceptors (Lipinski definition) is 4. The minimum absolute atomic E-state index is 0.260. The molecule has 20 heavy (non-hydrogen) atoms. The fraction of sp³-hybridized carbons (Fsp3) is 0.0625. The molecule has 0 bridgehead atoms. The second-order valence-corrected chi connectivity index (χ2v) is 5.38. The number of nitrogens with one attached hydrogen (secondary N) is 1. The normalized spacial score (nSPS) is 10.4. The first-order valence-corrected chi connectivity index (χ1v) is 7.18. The van der Waals surface area contributed by atoms with E-state index in [1.54, 1.807) is 23.5 Å². The number of aromatic nitrogens is 1. The Bertz CT molecular complexity index is 719. The van der Waals surface area contributed by atoms with E-state index >= 15 is 0 Å². The highest BCUT2D eigenvalue weighted by Crippen LogP contribution is 2.29. The van der Waals surface area contributed by atoms with Crippen molar-refractivity contribution in [1.82, 2.24) is 4.98 Å². The molecule has 4 heteroatoms. The van der Waals surface area contributed by atoms with Gasteiger partial charge >= 0.3 is 0 Å². The van der Waals surface area contributed by atoms with Crippen LogP contribution in [0.1, 0.15) is 5.56 Å². The first kappa shape index (κ1) is 12.7. The van der Waals surface area contributed by atoms with Gasteiger partial charge in [0.15, 0.2) is 5.13 Å². The Hall–Kier alpha value is -2.33. The van der Waals surface area contributed by atoms with Gasteiger partial charge in [0.25, 0.3) is 0 Å². The number of benzene rings is 2. The number of hydrogen-bond donors (Lipinski definition) is 2. The fourth-order valence-corrected chi connectivity index (χ4v) is 2.71. The SMILES string of the molecule is Cc1ccccc1-c1csc(Nc2ccc(O)cc2)n1. The van der Waals surface area contributed by atoms with E-state index in [-0.39, 0.29) is 5.75 Å². The molecule has 0 aliphatic carbocycles. The van der Waals surface area contributed by atoms with E-state index in [9.17, 15) is 5.11 Å². The summed E-state index contributed by atoms with van der Waals surface area (Å²) in [5.74, 6) is 0.260. The summed E-state index contributed by atoms with van der Waals surface area (Å²) in [5, 5.41) is 15.4. The Kier molecular flexibility index (Phi) is 3.39. The van der Waals surface area contributed by atoms with Crippen molar-refractivity contribution in [2.24, 2.45) is 0 Å². The molecule has 0 amide bonds. The van der Waals surface area contributed by atoms with E-state index in [4.69, 9.17) is 0 Å². The molecule has 0 saturated heterocycles. The molecule has 0 aliphatic rings. The van der Waals surface area contributed by atoms with Gasteiger partial charge in [-0.15, -0.1) is 11.3 Å². The molecule has 3 nitrogen and oxygen atoms in total. The molecule has 0 fully saturated rings. The molecule has 0 saturated carbocycles. The zero-order valence-electron chi connectivity index (χ0n) is 11.0. The van der Waals surface area contributed by atoms with Gasteiger partial charge in [0, 0.05) is 16.6 Å². The molecule has 3 aromatic rings.